The van der Waals surface area contributed by atoms with Crippen LogP contribution < -0.4 is 5.11 Å². The normalized spacial score (nSPS) is 9.83. The summed E-state index contributed by atoms with van der Waals surface area (Å²) >= 11 is 0. The quantitative estimate of drug-likeness (QED) is 0.439. The van der Waals surface area contributed by atoms with Gasteiger partial charge in [-0.05, 0) is 12.7 Å². The van der Waals surface area contributed by atoms with Crippen LogP contribution in [-0.2, 0) is 4.74 Å². The van der Waals surface area contributed by atoms with Gasteiger partial charge in [0.05, 0.1) is 28.1 Å². The average Bonchev–Trinajstić information content (AvgIpc) is 2.28. The predicted octanol–water partition coefficient (Wildman–Crippen LogP) is 0.753. The van der Waals surface area contributed by atoms with Gasteiger partial charge in [0, 0.05) is 6.07 Å². The molecule has 0 radical (unpaired) electrons. The number of nitro groups is 2. The van der Waals surface area contributed by atoms with Crippen molar-refractivity contribution in [1.82, 2.24) is 0 Å². The second-order valence-electron chi connectivity index (χ2n) is 3.08. The van der Waals surface area contributed by atoms with Crippen molar-refractivity contribution in [3.63, 3.8) is 0 Å². The van der Waals surface area contributed by atoms with Crippen LogP contribution in [0.15, 0.2) is 12.1 Å². The molecule has 1 rings (SSSR count). The first kappa shape index (κ1) is 13.4. The number of nitro benzene ring substituents is 2. The van der Waals surface area contributed by atoms with Crippen LogP contribution in [0.5, 0.6) is 5.75 Å². The first-order chi connectivity index (χ1) is 8.38. The number of rotatable bonds is 4. The summed E-state index contributed by atoms with van der Waals surface area (Å²) < 4.78 is 4.49. The maximum Gasteiger partial charge on any atom is 0.337 e. The van der Waals surface area contributed by atoms with Crippen molar-refractivity contribution in [2.75, 3.05) is 6.61 Å². The zero-order valence-corrected chi connectivity index (χ0v) is 9.11. The highest BCUT2D eigenvalue weighted by atomic mass is 16.6. The van der Waals surface area contributed by atoms with E-state index in [-0.39, 0.29) is 6.61 Å². The molecule has 1 aromatic rings. The average molecular weight is 255 g/mol. The summed E-state index contributed by atoms with van der Waals surface area (Å²) in [7, 11) is 0. The van der Waals surface area contributed by atoms with Crippen LogP contribution >= 0.6 is 0 Å². The standard InChI is InChI=1S/C9H8N2O7/c1-2-18-9(13)6-3-5(10(14)15)4-7(8(6)12)11(16)17/h3-4,12H,2H2,1H3/p-1. The van der Waals surface area contributed by atoms with Gasteiger partial charge >= 0.3 is 5.97 Å². The lowest BCUT2D eigenvalue weighted by atomic mass is 10.1. The number of hydrogen-bond donors (Lipinski definition) is 0. The number of benzene rings is 1. The number of hydrogen-bond acceptors (Lipinski definition) is 7. The second kappa shape index (κ2) is 5.08. The minimum atomic E-state index is -1.20. The number of non-ortho nitro benzene ring substituents is 1. The summed E-state index contributed by atoms with van der Waals surface area (Å²) in [5, 5.41) is 32.6. The molecule has 0 bridgehead atoms. The fourth-order valence-electron chi connectivity index (χ4n) is 1.20. The van der Waals surface area contributed by atoms with E-state index in [1.165, 1.54) is 6.92 Å². The Labute approximate surface area is 99.9 Å². The zero-order valence-electron chi connectivity index (χ0n) is 9.11. The topological polar surface area (TPSA) is 136 Å². The molecule has 0 unspecified atom stereocenters. The maximum absolute atomic E-state index is 11.5. The monoisotopic (exact) mass is 255 g/mol. The zero-order chi connectivity index (χ0) is 13.9. The van der Waals surface area contributed by atoms with E-state index in [4.69, 9.17) is 0 Å². The Bertz CT molecular complexity index is 526. The lowest BCUT2D eigenvalue weighted by molar-refractivity contribution is -0.403. The third-order valence-corrected chi connectivity index (χ3v) is 1.96. The summed E-state index contributed by atoms with van der Waals surface area (Å²) in [5.41, 5.74) is -2.48. The van der Waals surface area contributed by atoms with Crippen molar-refractivity contribution in [2.24, 2.45) is 0 Å². The lowest BCUT2D eigenvalue weighted by Crippen LogP contribution is -2.11. The third-order valence-electron chi connectivity index (χ3n) is 1.96. The van der Waals surface area contributed by atoms with Crippen LogP contribution in [0.3, 0.4) is 0 Å². The van der Waals surface area contributed by atoms with Crippen molar-refractivity contribution in [3.8, 4) is 5.75 Å². The highest BCUT2D eigenvalue weighted by Gasteiger charge is 2.22. The second-order valence-corrected chi connectivity index (χ2v) is 3.08. The minimum Gasteiger partial charge on any atom is -0.867 e. The van der Waals surface area contributed by atoms with Gasteiger partial charge in [0.25, 0.3) is 11.4 Å². The van der Waals surface area contributed by atoms with Gasteiger partial charge in [-0.15, -0.1) is 0 Å². The van der Waals surface area contributed by atoms with E-state index < -0.39 is 38.5 Å². The molecule has 0 aliphatic rings. The first-order valence-corrected chi connectivity index (χ1v) is 4.69. The number of carbonyl (C=O) groups excluding carboxylic acids is 1. The van der Waals surface area contributed by atoms with Crippen molar-refractivity contribution >= 4 is 17.3 Å². The summed E-state index contributed by atoms with van der Waals surface area (Å²) in [6.45, 7) is 1.41. The maximum atomic E-state index is 11.5. The molecule has 0 aromatic heterocycles. The number of nitrogens with zero attached hydrogens (tertiary/aromatic N) is 2. The molecule has 0 spiro atoms. The van der Waals surface area contributed by atoms with Crippen LogP contribution in [0.2, 0.25) is 0 Å². The van der Waals surface area contributed by atoms with Crippen molar-refractivity contribution < 1.29 is 24.5 Å². The van der Waals surface area contributed by atoms with Gasteiger partial charge in [-0.3, -0.25) is 20.2 Å². The Morgan fingerprint density at radius 3 is 2.33 bits per heavy atom. The van der Waals surface area contributed by atoms with E-state index in [1.807, 2.05) is 0 Å². The highest BCUT2D eigenvalue weighted by molar-refractivity contribution is 5.94. The number of ether oxygens (including phenoxy) is 1. The molecule has 96 valence electrons. The highest BCUT2D eigenvalue weighted by Crippen LogP contribution is 2.32. The van der Waals surface area contributed by atoms with Crippen LogP contribution in [0, 0.1) is 20.2 Å². The predicted molar refractivity (Wildman–Crippen MR) is 55.2 cm³/mol. The molecule has 0 N–H and O–H groups in total. The molecule has 9 nitrogen and oxygen atoms in total. The smallest absolute Gasteiger partial charge is 0.337 e. The molecule has 0 fully saturated rings. The molecule has 0 saturated carbocycles. The molecule has 0 heterocycles. The largest absolute Gasteiger partial charge is 0.867 e. The van der Waals surface area contributed by atoms with Crippen LogP contribution in [-0.4, -0.2) is 22.4 Å². The van der Waals surface area contributed by atoms with E-state index in [1.54, 1.807) is 0 Å². The molecule has 0 aliphatic carbocycles. The van der Waals surface area contributed by atoms with Crippen LogP contribution in [0.1, 0.15) is 17.3 Å². The fraction of sp³-hybridized carbons (Fsp3) is 0.222. The Morgan fingerprint density at radius 2 is 1.89 bits per heavy atom. The third kappa shape index (κ3) is 2.51. The Morgan fingerprint density at radius 1 is 1.28 bits per heavy atom. The Balaban J connectivity index is 3.45. The van der Waals surface area contributed by atoms with E-state index in [0.717, 1.165) is 0 Å². The number of esters is 1. The van der Waals surface area contributed by atoms with Gasteiger partial charge in [0.2, 0.25) is 0 Å². The van der Waals surface area contributed by atoms with Crippen molar-refractivity contribution in [3.05, 3.63) is 37.9 Å². The van der Waals surface area contributed by atoms with E-state index in [0.29, 0.717) is 12.1 Å². The molecular weight excluding hydrogens is 248 g/mol. The molecule has 0 aliphatic heterocycles. The molecule has 9 heteroatoms. The summed E-state index contributed by atoms with van der Waals surface area (Å²) in [6.07, 6.45) is 0. The Hall–Kier alpha value is -2.71. The molecule has 0 atom stereocenters. The van der Waals surface area contributed by atoms with Crippen LogP contribution in [0.25, 0.3) is 0 Å². The molecule has 1 aromatic carbocycles. The lowest BCUT2D eigenvalue weighted by Gasteiger charge is -2.12. The van der Waals surface area contributed by atoms with Gasteiger partial charge < -0.3 is 9.84 Å². The summed E-state index contributed by atoms with van der Waals surface area (Å²) in [6, 6.07) is 1.17. The van der Waals surface area contributed by atoms with Gasteiger partial charge in [0.1, 0.15) is 0 Å². The van der Waals surface area contributed by atoms with Gasteiger partial charge in [-0.2, -0.15) is 0 Å². The van der Waals surface area contributed by atoms with Gasteiger partial charge in [-0.25, -0.2) is 4.79 Å². The molecule has 18 heavy (non-hydrogen) atoms. The first-order valence-electron chi connectivity index (χ1n) is 4.69. The fourth-order valence-corrected chi connectivity index (χ4v) is 1.20. The molecule has 0 saturated heterocycles. The van der Waals surface area contributed by atoms with Gasteiger partial charge in [-0.1, -0.05) is 0 Å². The Kier molecular flexibility index (Phi) is 3.77. The van der Waals surface area contributed by atoms with E-state index in [9.17, 15) is 30.1 Å². The molecule has 0 amide bonds. The van der Waals surface area contributed by atoms with E-state index in [2.05, 4.69) is 4.74 Å². The SMILES string of the molecule is CCOC(=O)c1cc([N+](=O)[O-])cc([N+](=O)[O-])c1[O-]. The van der Waals surface area contributed by atoms with Crippen LogP contribution in [0.4, 0.5) is 11.4 Å². The summed E-state index contributed by atoms with van der Waals surface area (Å²) in [5.74, 6) is -2.33. The van der Waals surface area contributed by atoms with Gasteiger partial charge in [0.15, 0.2) is 0 Å². The summed E-state index contributed by atoms with van der Waals surface area (Å²) in [4.78, 5) is 30.4. The van der Waals surface area contributed by atoms with E-state index >= 15 is 0 Å². The van der Waals surface area contributed by atoms with Crippen molar-refractivity contribution in [1.29, 1.82) is 0 Å². The minimum absolute atomic E-state index is 0.0608. The number of carbonyl (C=O) groups is 1. The molecular formula is C9H7N2O7-. The van der Waals surface area contributed by atoms with Crippen molar-refractivity contribution in [2.45, 2.75) is 6.92 Å².